The summed E-state index contributed by atoms with van der Waals surface area (Å²) in [6.07, 6.45) is -0.0253. The maximum Gasteiger partial charge on any atom is 0.340 e. The zero-order chi connectivity index (χ0) is 14.6. The van der Waals surface area contributed by atoms with Gasteiger partial charge in [-0.3, -0.25) is 0 Å². The van der Waals surface area contributed by atoms with Crippen molar-refractivity contribution in [3.8, 4) is 5.88 Å². The minimum atomic E-state index is -2.06. The van der Waals surface area contributed by atoms with Crippen LogP contribution in [0.25, 0.3) is 0 Å². The summed E-state index contributed by atoms with van der Waals surface area (Å²) in [5.41, 5.74) is -1.57. The van der Waals surface area contributed by atoms with Gasteiger partial charge in [0.15, 0.2) is 5.60 Å². The Balaban J connectivity index is 3.55. The third kappa shape index (κ3) is 2.97. The molecule has 19 heavy (non-hydrogen) atoms. The van der Waals surface area contributed by atoms with E-state index in [4.69, 9.17) is 21.1 Å². The van der Waals surface area contributed by atoms with E-state index in [0.717, 1.165) is 0 Å². The molecule has 1 rings (SSSR count). The third-order valence-electron chi connectivity index (χ3n) is 2.85. The summed E-state index contributed by atoms with van der Waals surface area (Å²) in [5, 5.41) is 19.6. The van der Waals surface area contributed by atoms with Crippen LogP contribution in [0.15, 0.2) is 6.07 Å². The molecule has 1 aromatic heterocycles. The van der Waals surface area contributed by atoms with Crippen molar-refractivity contribution in [2.24, 2.45) is 0 Å². The van der Waals surface area contributed by atoms with Gasteiger partial charge in [0.05, 0.1) is 13.7 Å². The lowest BCUT2D eigenvalue weighted by molar-refractivity contribution is -0.160. The number of rotatable bonds is 6. The number of aromatic nitrogens is 1. The smallest absolute Gasteiger partial charge is 0.340 e. The van der Waals surface area contributed by atoms with Crippen LogP contribution in [0.2, 0.25) is 5.15 Å². The van der Waals surface area contributed by atoms with Crippen molar-refractivity contribution in [2.45, 2.75) is 25.6 Å². The first kappa shape index (κ1) is 15.7. The van der Waals surface area contributed by atoms with Crippen molar-refractivity contribution in [3.05, 3.63) is 22.3 Å². The Morgan fingerprint density at radius 3 is 2.58 bits per heavy atom. The third-order valence-corrected chi connectivity index (χ3v) is 3.04. The van der Waals surface area contributed by atoms with Crippen LogP contribution < -0.4 is 4.74 Å². The van der Waals surface area contributed by atoms with Crippen molar-refractivity contribution in [2.75, 3.05) is 14.2 Å². The number of hydrogen-bond donors (Lipinski definition) is 2. The largest absolute Gasteiger partial charge is 0.481 e. The fourth-order valence-electron chi connectivity index (χ4n) is 1.80. The van der Waals surface area contributed by atoms with E-state index in [9.17, 15) is 15.0 Å². The molecule has 1 heterocycles. The summed E-state index contributed by atoms with van der Waals surface area (Å²) in [6.45, 7) is 1.61. The van der Waals surface area contributed by atoms with Gasteiger partial charge in [-0.1, -0.05) is 18.5 Å². The van der Waals surface area contributed by atoms with Gasteiger partial charge in [0.1, 0.15) is 5.15 Å². The highest BCUT2D eigenvalue weighted by Gasteiger charge is 2.39. The van der Waals surface area contributed by atoms with Gasteiger partial charge in [-0.25, -0.2) is 9.78 Å². The zero-order valence-electron chi connectivity index (χ0n) is 10.9. The summed E-state index contributed by atoms with van der Waals surface area (Å²) in [4.78, 5) is 15.3. The average molecular weight is 290 g/mol. The van der Waals surface area contributed by atoms with Gasteiger partial charge in [-0.2, -0.15) is 0 Å². The lowest BCUT2D eigenvalue weighted by Crippen LogP contribution is -2.36. The molecule has 0 saturated heterocycles. The predicted molar refractivity (Wildman–Crippen MR) is 68.3 cm³/mol. The fourth-order valence-corrected chi connectivity index (χ4v) is 1.98. The Morgan fingerprint density at radius 1 is 1.53 bits per heavy atom. The number of ether oxygens (including phenoxy) is 2. The Kier molecular flexibility index (Phi) is 5.11. The molecular formula is C12H16ClNO5. The van der Waals surface area contributed by atoms with E-state index in [1.807, 2.05) is 0 Å². The van der Waals surface area contributed by atoms with Crippen LogP contribution in [0, 0.1) is 0 Å². The standard InChI is InChI=1S/C12H16ClNO5/c1-4-12(17,11(15)16)8-5-9(13)14-10(19-3)7(8)6-18-2/h5,17H,4,6H2,1-3H3,(H,15,16)/t12-/m0/s1. The highest BCUT2D eigenvalue weighted by molar-refractivity contribution is 6.29. The molecule has 6 nitrogen and oxygen atoms in total. The molecule has 0 aliphatic rings. The highest BCUT2D eigenvalue weighted by Crippen LogP contribution is 2.34. The first-order chi connectivity index (χ1) is 8.90. The lowest BCUT2D eigenvalue weighted by Gasteiger charge is -2.25. The first-order valence-electron chi connectivity index (χ1n) is 5.59. The molecule has 0 spiro atoms. The van der Waals surface area contributed by atoms with Crippen molar-refractivity contribution in [1.82, 2.24) is 4.98 Å². The molecule has 0 aliphatic carbocycles. The number of aliphatic carboxylic acids is 1. The van der Waals surface area contributed by atoms with Gasteiger partial charge >= 0.3 is 5.97 Å². The molecule has 0 amide bonds. The molecule has 0 radical (unpaired) electrons. The molecule has 1 aromatic rings. The van der Waals surface area contributed by atoms with Crippen molar-refractivity contribution in [1.29, 1.82) is 0 Å². The minimum Gasteiger partial charge on any atom is -0.481 e. The molecule has 0 unspecified atom stereocenters. The van der Waals surface area contributed by atoms with Crippen LogP contribution >= 0.6 is 11.6 Å². The summed E-state index contributed by atoms with van der Waals surface area (Å²) in [7, 11) is 2.83. The molecule has 0 fully saturated rings. The summed E-state index contributed by atoms with van der Waals surface area (Å²) in [5.74, 6) is -1.23. The van der Waals surface area contributed by atoms with E-state index in [0.29, 0.717) is 5.56 Å². The number of carboxylic acids is 1. The van der Waals surface area contributed by atoms with Crippen LogP contribution in [0.1, 0.15) is 24.5 Å². The van der Waals surface area contributed by atoms with Crippen LogP contribution in [-0.2, 0) is 21.7 Å². The quantitative estimate of drug-likeness (QED) is 0.773. The molecule has 2 N–H and O–H groups in total. The van der Waals surface area contributed by atoms with Crippen LogP contribution in [0.4, 0.5) is 0 Å². The van der Waals surface area contributed by atoms with Gasteiger partial charge in [0.25, 0.3) is 0 Å². The SMILES string of the molecule is CC[C@@](O)(C(=O)O)c1cc(Cl)nc(OC)c1COC. The summed E-state index contributed by atoms with van der Waals surface area (Å²) < 4.78 is 10.1. The Labute approximate surface area is 115 Å². The maximum atomic E-state index is 11.3. The number of halogens is 1. The van der Waals surface area contributed by atoms with Crippen molar-refractivity contribution >= 4 is 17.6 Å². The van der Waals surface area contributed by atoms with Crippen LogP contribution in [-0.4, -0.2) is 35.4 Å². The molecule has 0 aliphatic heterocycles. The molecule has 1 atom stereocenters. The minimum absolute atomic E-state index is 0.0253. The van der Waals surface area contributed by atoms with E-state index in [1.165, 1.54) is 20.3 Å². The second kappa shape index (κ2) is 6.18. The average Bonchev–Trinajstić information content (AvgIpc) is 2.39. The number of methoxy groups -OCH3 is 2. The van der Waals surface area contributed by atoms with E-state index in [-0.39, 0.29) is 29.6 Å². The normalized spacial score (nSPS) is 13.9. The lowest BCUT2D eigenvalue weighted by atomic mass is 9.88. The number of hydrogen-bond acceptors (Lipinski definition) is 5. The molecule has 0 bridgehead atoms. The van der Waals surface area contributed by atoms with Gasteiger partial charge in [-0.05, 0) is 12.5 Å². The maximum absolute atomic E-state index is 11.3. The molecule has 0 aromatic carbocycles. The zero-order valence-corrected chi connectivity index (χ0v) is 11.7. The molecule has 0 saturated carbocycles. The van der Waals surface area contributed by atoms with Gasteiger partial charge in [-0.15, -0.1) is 0 Å². The van der Waals surface area contributed by atoms with Crippen LogP contribution in [0.5, 0.6) is 5.88 Å². The Bertz CT molecular complexity index is 479. The molecule has 106 valence electrons. The topological polar surface area (TPSA) is 88.9 Å². The number of aliphatic hydroxyl groups is 1. The van der Waals surface area contributed by atoms with Gasteiger partial charge < -0.3 is 19.7 Å². The van der Waals surface area contributed by atoms with Gasteiger partial charge in [0.2, 0.25) is 5.88 Å². The second-order valence-electron chi connectivity index (χ2n) is 3.93. The van der Waals surface area contributed by atoms with Crippen LogP contribution in [0.3, 0.4) is 0 Å². The highest BCUT2D eigenvalue weighted by atomic mass is 35.5. The van der Waals surface area contributed by atoms with Crippen molar-refractivity contribution < 1.29 is 24.5 Å². The number of carboxylic acid groups (broad SMARTS) is 1. The van der Waals surface area contributed by atoms with E-state index < -0.39 is 11.6 Å². The first-order valence-corrected chi connectivity index (χ1v) is 5.97. The number of pyridine rings is 1. The summed E-state index contributed by atoms with van der Waals surface area (Å²) in [6, 6.07) is 1.32. The van der Waals surface area contributed by atoms with Gasteiger partial charge in [0, 0.05) is 18.2 Å². The van der Waals surface area contributed by atoms with E-state index in [1.54, 1.807) is 6.92 Å². The fraction of sp³-hybridized carbons (Fsp3) is 0.500. The van der Waals surface area contributed by atoms with Crippen molar-refractivity contribution in [3.63, 3.8) is 0 Å². The predicted octanol–water partition coefficient (Wildman–Crippen LogP) is 1.57. The Hall–Kier alpha value is -1.37. The van der Waals surface area contributed by atoms with E-state index >= 15 is 0 Å². The Morgan fingerprint density at radius 2 is 2.16 bits per heavy atom. The second-order valence-corrected chi connectivity index (χ2v) is 4.32. The molecular weight excluding hydrogens is 274 g/mol. The summed E-state index contributed by atoms with van der Waals surface area (Å²) >= 11 is 5.83. The van der Waals surface area contributed by atoms with E-state index in [2.05, 4.69) is 4.98 Å². The molecule has 7 heteroatoms. The number of carbonyl (C=O) groups is 1. The monoisotopic (exact) mass is 289 g/mol. The number of nitrogens with zero attached hydrogens (tertiary/aromatic N) is 1.